The van der Waals surface area contributed by atoms with Gasteiger partial charge < -0.3 is 10.5 Å². The van der Waals surface area contributed by atoms with Gasteiger partial charge in [0.15, 0.2) is 0 Å². The normalized spacial score (nSPS) is 12.8. The zero-order chi connectivity index (χ0) is 9.72. The second-order valence-electron chi connectivity index (χ2n) is 3.00. The van der Waals surface area contributed by atoms with Gasteiger partial charge in [0, 0.05) is 6.42 Å². The first-order valence-corrected chi connectivity index (χ1v) is 3.89. The van der Waals surface area contributed by atoms with Gasteiger partial charge in [-0.1, -0.05) is 0 Å². The van der Waals surface area contributed by atoms with E-state index in [4.69, 9.17) is 10.5 Å². The van der Waals surface area contributed by atoms with Gasteiger partial charge in [0.25, 0.3) is 0 Å². The maximum absolute atomic E-state index is 11.0. The summed E-state index contributed by atoms with van der Waals surface area (Å²) in [7, 11) is 0. The fourth-order valence-electron chi connectivity index (χ4n) is 0.713. The minimum atomic E-state index is -0.815. The topological polar surface area (TPSA) is 69.4 Å². The van der Waals surface area contributed by atoms with Crippen molar-refractivity contribution in [3.63, 3.8) is 0 Å². The summed E-state index contributed by atoms with van der Waals surface area (Å²) in [6.45, 7) is 4.86. The molecule has 1 atom stereocenters. The molecule has 0 heterocycles. The number of esters is 1. The third kappa shape index (κ3) is 4.85. The molecule has 0 radical (unpaired) electrons. The van der Waals surface area contributed by atoms with Crippen molar-refractivity contribution in [3.8, 4) is 0 Å². The van der Waals surface area contributed by atoms with Crippen LogP contribution in [-0.2, 0) is 14.3 Å². The van der Waals surface area contributed by atoms with Crippen LogP contribution in [0.3, 0.4) is 0 Å². The predicted molar refractivity (Wildman–Crippen MR) is 44.5 cm³/mol. The van der Waals surface area contributed by atoms with Crippen molar-refractivity contribution in [2.75, 3.05) is 0 Å². The van der Waals surface area contributed by atoms with Crippen LogP contribution in [0.15, 0.2) is 0 Å². The van der Waals surface area contributed by atoms with Gasteiger partial charge in [-0.15, -0.1) is 0 Å². The maximum Gasteiger partial charge on any atom is 0.323 e. The molecular weight excluding hydrogens is 158 g/mol. The Kier molecular flexibility index (Phi) is 4.51. The smallest absolute Gasteiger partial charge is 0.323 e. The molecule has 0 aromatic heterocycles. The Morgan fingerprint density at radius 2 is 1.92 bits per heavy atom. The third-order valence-corrected chi connectivity index (χ3v) is 1.16. The van der Waals surface area contributed by atoms with Crippen molar-refractivity contribution < 1.29 is 14.3 Å². The van der Waals surface area contributed by atoms with Gasteiger partial charge >= 0.3 is 5.97 Å². The van der Waals surface area contributed by atoms with Crippen LogP contribution in [0.1, 0.15) is 27.2 Å². The molecule has 2 N–H and O–H groups in total. The van der Waals surface area contributed by atoms with E-state index in [9.17, 15) is 9.59 Å². The Bertz CT molecular complexity index is 177. The largest absolute Gasteiger partial charge is 0.462 e. The fraction of sp³-hybridized carbons (Fsp3) is 0.750. The molecule has 0 fully saturated rings. The van der Waals surface area contributed by atoms with E-state index in [-0.39, 0.29) is 18.3 Å². The highest BCUT2D eigenvalue weighted by Gasteiger charge is 2.17. The molecular formula is C8H15NO3. The average molecular weight is 173 g/mol. The minimum Gasteiger partial charge on any atom is -0.462 e. The molecule has 0 aliphatic carbocycles. The van der Waals surface area contributed by atoms with Crippen LogP contribution in [0.5, 0.6) is 0 Å². The first kappa shape index (κ1) is 11.1. The van der Waals surface area contributed by atoms with Crippen LogP contribution in [0.4, 0.5) is 0 Å². The number of ether oxygens (including phenoxy) is 1. The molecule has 0 aliphatic rings. The van der Waals surface area contributed by atoms with Crippen LogP contribution in [-0.4, -0.2) is 23.9 Å². The molecule has 0 rings (SSSR count). The van der Waals surface area contributed by atoms with Crippen LogP contribution in [0, 0.1) is 0 Å². The van der Waals surface area contributed by atoms with Crippen molar-refractivity contribution in [3.05, 3.63) is 0 Å². The maximum atomic E-state index is 11.0. The Labute approximate surface area is 72.1 Å². The molecule has 0 amide bonds. The Balaban J connectivity index is 3.85. The first-order chi connectivity index (χ1) is 5.43. The summed E-state index contributed by atoms with van der Waals surface area (Å²) < 4.78 is 4.80. The molecule has 0 aliphatic heterocycles. The molecule has 12 heavy (non-hydrogen) atoms. The van der Waals surface area contributed by atoms with Crippen LogP contribution in [0.2, 0.25) is 0 Å². The summed E-state index contributed by atoms with van der Waals surface area (Å²) in [5.41, 5.74) is 5.37. The van der Waals surface area contributed by atoms with Gasteiger partial charge in [0.1, 0.15) is 11.8 Å². The molecule has 0 unspecified atom stereocenters. The van der Waals surface area contributed by atoms with Crippen molar-refractivity contribution in [2.45, 2.75) is 39.3 Å². The van der Waals surface area contributed by atoms with Gasteiger partial charge in [-0.3, -0.25) is 9.59 Å². The lowest BCUT2D eigenvalue weighted by molar-refractivity contribution is -0.150. The van der Waals surface area contributed by atoms with Gasteiger partial charge in [-0.05, 0) is 20.8 Å². The standard InChI is InChI=1S/C8H15NO3/c1-5(2)12-8(11)7(9)4-6(3)10/h5,7H,4,9H2,1-3H3/t7-/m0/s1. The minimum absolute atomic E-state index is 0.0472. The first-order valence-electron chi connectivity index (χ1n) is 3.89. The number of hydrogen-bond donors (Lipinski definition) is 1. The number of carbonyl (C=O) groups is 2. The SMILES string of the molecule is CC(=O)C[C@H](N)C(=O)OC(C)C. The number of hydrogen-bond acceptors (Lipinski definition) is 4. The lowest BCUT2D eigenvalue weighted by atomic mass is 10.2. The monoisotopic (exact) mass is 173 g/mol. The predicted octanol–water partition coefficient (Wildman–Crippen LogP) is 0.244. The van der Waals surface area contributed by atoms with Gasteiger partial charge in [-0.25, -0.2) is 0 Å². The number of ketones is 1. The molecule has 70 valence electrons. The van der Waals surface area contributed by atoms with E-state index in [1.165, 1.54) is 6.92 Å². The summed E-state index contributed by atoms with van der Waals surface area (Å²) in [6, 6.07) is -0.815. The second-order valence-corrected chi connectivity index (χ2v) is 3.00. The summed E-state index contributed by atoms with van der Waals surface area (Å²) >= 11 is 0. The molecule has 0 saturated carbocycles. The highest BCUT2D eigenvalue weighted by Crippen LogP contribution is 1.96. The van der Waals surface area contributed by atoms with E-state index in [1.54, 1.807) is 13.8 Å². The van der Waals surface area contributed by atoms with E-state index in [2.05, 4.69) is 0 Å². The fourth-order valence-corrected chi connectivity index (χ4v) is 0.713. The number of carbonyl (C=O) groups excluding carboxylic acids is 2. The quantitative estimate of drug-likeness (QED) is 0.618. The van der Waals surface area contributed by atoms with E-state index in [0.29, 0.717) is 0 Å². The third-order valence-electron chi connectivity index (χ3n) is 1.16. The highest BCUT2D eigenvalue weighted by atomic mass is 16.5. The molecule has 0 spiro atoms. The van der Waals surface area contributed by atoms with E-state index in [0.717, 1.165) is 0 Å². The Morgan fingerprint density at radius 3 is 2.25 bits per heavy atom. The molecule has 0 bridgehead atoms. The Hall–Kier alpha value is -0.900. The molecule has 4 nitrogen and oxygen atoms in total. The lowest BCUT2D eigenvalue weighted by Gasteiger charge is -2.12. The van der Waals surface area contributed by atoms with Crippen molar-refractivity contribution >= 4 is 11.8 Å². The summed E-state index contributed by atoms with van der Waals surface area (Å²) in [5.74, 6) is -0.622. The van der Waals surface area contributed by atoms with Crippen molar-refractivity contribution in [1.82, 2.24) is 0 Å². The zero-order valence-corrected chi connectivity index (χ0v) is 7.66. The van der Waals surface area contributed by atoms with Gasteiger partial charge in [-0.2, -0.15) is 0 Å². The zero-order valence-electron chi connectivity index (χ0n) is 7.66. The van der Waals surface area contributed by atoms with Crippen molar-refractivity contribution in [1.29, 1.82) is 0 Å². The van der Waals surface area contributed by atoms with Gasteiger partial charge in [0.2, 0.25) is 0 Å². The molecule has 0 aromatic carbocycles. The Morgan fingerprint density at radius 1 is 1.42 bits per heavy atom. The summed E-state index contributed by atoms with van der Waals surface area (Å²) in [4.78, 5) is 21.5. The number of nitrogens with two attached hydrogens (primary N) is 1. The van der Waals surface area contributed by atoms with Crippen molar-refractivity contribution in [2.24, 2.45) is 5.73 Å². The van der Waals surface area contributed by atoms with E-state index < -0.39 is 12.0 Å². The lowest BCUT2D eigenvalue weighted by Crippen LogP contribution is -2.35. The second kappa shape index (κ2) is 4.87. The molecule has 0 saturated heterocycles. The average Bonchev–Trinajstić information content (AvgIpc) is 1.84. The highest BCUT2D eigenvalue weighted by molar-refractivity contribution is 5.84. The van der Waals surface area contributed by atoms with Crippen LogP contribution >= 0.6 is 0 Å². The number of rotatable bonds is 4. The molecule has 4 heteroatoms. The van der Waals surface area contributed by atoms with Crippen LogP contribution < -0.4 is 5.73 Å². The molecule has 0 aromatic rings. The summed E-state index contributed by atoms with van der Waals surface area (Å²) in [5, 5.41) is 0. The number of Topliss-reactive ketones (excluding diaryl/α,β-unsaturated/α-hetero) is 1. The van der Waals surface area contributed by atoms with E-state index >= 15 is 0 Å². The summed E-state index contributed by atoms with van der Waals surface area (Å²) in [6.07, 6.45) is -0.138. The van der Waals surface area contributed by atoms with Crippen LogP contribution in [0.25, 0.3) is 0 Å². The van der Waals surface area contributed by atoms with E-state index in [1.807, 2.05) is 0 Å². The van der Waals surface area contributed by atoms with Gasteiger partial charge in [0.05, 0.1) is 6.10 Å².